The lowest BCUT2D eigenvalue weighted by molar-refractivity contribution is -0.133. The Bertz CT molecular complexity index is 966. The van der Waals surface area contributed by atoms with Gasteiger partial charge in [-0.15, -0.1) is 0 Å². The van der Waals surface area contributed by atoms with Gasteiger partial charge in [0, 0.05) is 55.9 Å². The number of piperazine rings is 1. The molecule has 7 nitrogen and oxygen atoms in total. The summed E-state index contributed by atoms with van der Waals surface area (Å²) in [4.78, 5) is 21.7. The Balaban J connectivity index is 1.82. The van der Waals surface area contributed by atoms with Crippen LogP contribution in [-0.2, 0) is 4.79 Å². The van der Waals surface area contributed by atoms with Crippen LogP contribution in [0.25, 0.3) is 0 Å². The zero-order valence-electron chi connectivity index (χ0n) is 18.3. The summed E-state index contributed by atoms with van der Waals surface area (Å²) < 4.78 is 6.01. The van der Waals surface area contributed by atoms with Gasteiger partial charge in [-0.25, -0.2) is 9.78 Å². The first kappa shape index (κ1) is 21.3. The van der Waals surface area contributed by atoms with Crippen molar-refractivity contribution in [1.29, 1.82) is 0 Å². The summed E-state index contributed by atoms with van der Waals surface area (Å²) in [7, 11) is 2.11. The smallest absolute Gasteiger partial charge is 0.334 e. The highest BCUT2D eigenvalue weighted by atomic mass is 16.5. The summed E-state index contributed by atoms with van der Waals surface area (Å²) in [5, 5.41) is 13.7. The number of hydrogen-bond donors (Lipinski definition) is 2. The van der Waals surface area contributed by atoms with Crippen molar-refractivity contribution in [2.24, 2.45) is 0 Å². The van der Waals surface area contributed by atoms with Crippen molar-refractivity contribution in [3.8, 4) is 5.88 Å². The topological polar surface area (TPSA) is 77.9 Å². The molecule has 164 valence electrons. The molecule has 0 saturated carbocycles. The Hall–Kier alpha value is -2.90. The van der Waals surface area contributed by atoms with Gasteiger partial charge in [-0.3, -0.25) is 4.90 Å². The average molecular weight is 423 g/mol. The molecule has 1 fully saturated rings. The molecular formula is C24H30N4O3. The summed E-state index contributed by atoms with van der Waals surface area (Å²) >= 11 is 0. The number of likely N-dealkylation sites (N-methyl/N-ethyl adjacent to an activating group) is 1. The maximum absolute atomic E-state index is 12.6. The van der Waals surface area contributed by atoms with Gasteiger partial charge in [0.25, 0.3) is 0 Å². The van der Waals surface area contributed by atoms with E-state index in [2.05, 4.69) is 27.1 Å². The lowest BCUT2D eigenvalue weighted by Gasteiger charge is -2.36. The molecule has 2 aromatic rings. The number of pyridine rings is 1. The average Bonchev–Trinajstić information content (AvgIpc) is 2.74. The number of anilines is 1. The van der Waals surface area contributed by atoms with Crippen LogP contribution >= 0.6 is 0 Å². The molecular weight excluding hydrogens is 392 g/mol. The molecule has 0 bridgehead atoms. The van der Waals surface area contributed by atoms with Crippen molar-refractivity contribution in [3.63, 3.8) is 0 Å². The summed E-state index contributed by atoms with van der Waals surface area (Å²) in [5.74, 6) is -0.901. The van der Waals surface area contributed by atoms with Crippen LogP contribution in [-0.4, -0.2) is 71.7 Å². The third-order valence-electron chi connectivity index (χ3n) is 5.83. The van der Waals surface area contributed by atoms with E-state index in [0.29, 0.717) is 18.0 Å². The predicted octanol–water partition coefficient (Wildman–Crippen LogP) is 3.01. The van der Waals surface area contributed by atoms with Crippen LogP contribution in [0.15, 0.2) is 53.9 Å². The molecule has 31 heavy (non-hydrogen) atoms. The number of hydrogen-bond acceptors (Lipinski definition) is 6. The Morgan fingerprint density at radius 1 is 1.19 bits per heavy atom. The fourth-order valence-corrected chi connectivity index (χ4v) is 4.29. The van der Waals surface area contributed by atoms with Gasteiger partial charge in [-0.2, -0.15) is 0 Å². The van der Waals surface area contributed by atoms with Crippen molar-refractivity contribution in [2.45, 2.75) is 25.9 Å². The third-order valence-corrected chi connectivity index (χ3v) is 5.83. The Morgan fingerprint density at radius 3 is 2.55 bits per heavy atom. The van der Waals surface area contributed by atoms with Gasteiger partial charge in [-0.05, 0) is 32.5 Å². The summed E-state index contributed by atoms with van der Waals surface area (Å²) in [6.45, 7) is 8.24. The molecule has 1 saturated heterocycles. The molecule has 1 atom stereocenters. The number of aliphatic carboxylic acids is 1. The van der Waals surface area contributed by atoms with Gasteiger partial charge in [0.15, 0.2) is 0 Å². The minimum atomic E-state index is -0.921. The van der Waals surface area contributed by atoms with Crippen molar-refractivity contribution in [3.05, 3.63) is 65.0 Å². The maximum Gasteiger partial charge on any atom is 0.334 e. The number of carboxylic acids is 1. The van der Waals surface area contributed by atoms with E-state index >= 15 is 0 Å². The highest BCUT2D eigenvalue weighted by molar-refractivity contribution is 5.94. The maximum atomic E-state index is 12.6. The molecule has 7 heteroatoms. The van der Waals surface area contributed by atoms with E-state index in [1.165, 1.54) is 0 Å². The Kier molecular flexibility index (Phi) is 6.25. The molecule has 2 aliphatic heterocycles. The second kappa shape index (κ2) is 9.08. The zero-order chi connectivity index (χ0) is 22.0. The number of nitrogens with one attached hydrogen (secondary N) is 1. The first-order valence-electron chi connectivity index (χ1n) is 10.8. The molecule has 0 aliphatic carbocycles. The van der Waals surface area contributed by atoms with Gasteiger partial charge < -0.3 is 20.1 Å². The predicted molar refractivity (Wildman–Crippen MR) is 121 cm³/mol. The van der Waals surface area contributed by atoms with E-state index in [1.807, 2.05) is 50.2 Å². The monoisotopic (exact) mass is 422 g/mol. The standard InChI is InChI=1S/C24H30N4O3/c1-16(2)31-23-21-18(9-10-25-23)26-19(15-28-13-11-27(3)12-14-28)22(24(29)30)20(21)17-7-5-4-6-8-17/h4-10,16,20,26H,11-15H2,1-3H3,(H,29,30). The molecule has 1 aromatic carbocycles. The van der Waals surface area contributed by atoms with E-state index in [1.54, 1.807) is 6.20 Å². The number of benzene rings is 1. The Labute approximate surface area is 183 Å². The van der Waals surface area contributed by atoms with Crippen LogP contribution in [0.4, 0.5) is 5.69 Å². The van der Waals surface area contributed by atoms with Crippen LogP contribution in [0.1, 0.15) is 30.9 Å². The molecule has 4 rings (SSSR count). The van der Waals surface area contributed by atoms with Gasteiger partial charge in [-0.1, -0.05) is 30.3 Å². The number of ether oxygens (including phenoxy) is 1. The van der Waals surface area contributed by atoms with Gasteiger partial charge in [0.2, 0.25) is 5.88 Å². The van der Waals surface area contributed by atoms with E-state index in [9.17, 15) is 9.90 Å². The van der Waals surface area contributed by atoms with Crippen LogP contribution in [0, 0.1) is 0 Å². The molecule has 3 heterocycles. The highest BCUT2D eigenvalue weighted by Gasteiger charge is 2.37. The molecule has 2 aliphatic rings. The van der Waals surface area contributed by atoms with E-state index in [-0.39, 0.29) is 6.10 Å². The lowest BCUT2D eigenvalue weighted by Crippen LogP contribution is -2.46. The fraction of sp³-hybridized carbons (Fsp3) is 0.417. The van der Waals surface area contributed by atoms with Crippen LogP contribution in [0.5, 0.6) is 5.88 Å². The second-order valence-corrected chi connectivity index (χ2v) is 8.49. The molecule has 0 amide bonds. The number of fused-ring (bicyclic) bond motifs is 1. The quantitative estimate of drug-likeness (QED) is 0.741. The van der Waals surface area contributed by atoms with Crippen molar-refractivity contribution in [2.75, 3.05) is 45.1 Å². The Morgan fingerprint density at radius 2 is 1.90 bits per heavy atom. The molecule has 0 spiro atoms. The van der Waals surface area contributed by atoms with Crippen LogP contribution in [0.3, 0.4) is 0 Å². The molecule has 1 aromatic heterocycles. The largest absolute Gasteiger partial charge is 0.478 e. The van der Waals surface area contributed by atoms with Crippen LogP contribution < -0.4 is 10.1 Å². The summed E-state index contributed by atoms with van der Waals surface area (Å²) in [6, 6.07) is 11.7. The number of aromatic nitrogens is 1. The minimum absolute atomic E-state index is 0.0700. The molecule has 2 N–H and O–H groups in total. The fourth-order valence-electron chi connectivity index (χ4n) is 4.29. The third kappa shape index (κ3) is 4.57. The number of carbonyl (C=O) groups is 1. The first-order valence-corrected chi connectivity index (χ1v) is 10.8. The van der Waals surface area contributed by atoms with Crippen molar-refractivity contribution >= 4 is 11.7 Å². The number of nitrogens with zero attached hydrogens (tertiary/aromatic N) is 3. The summed E-state index contributed by atoms with van der Waals surface area (Å²) in [6.07, 6.45) is 1.64. The normalized spacial score (nSPS) is 19.8. The van der Waals surface area contributed by atoms with Crippen LogP contribution in [0.2, 0.25) is 0 Å². The second-order valence-electron chi connectivity index (χ2n) is 8.49. The van der Waals surface area contributed by atoms with Gasteiger partial charge in [0.05, 0.1) is 17.6 Å². The molecule has 1 unspecified atom stereocenters. The minimum Gasteiger partial charge on any atom is -0.478 e. The van der Waals surface area contributed by atoms with E-state index in [0.717, 1.165) is 48.7 Å². The van der Waals surface area contributed by atoms with Crippen molar-refractivity contribution in [1.82, 2.24) is 14.8 Å². The highest BCUT2D eigenvalue weighted by Crippen LogP contribution is 2.45. The number of carboxylic acid groups (broad SMARTS) is 1. The lowest BCUT2D eigenvalue weighted by atomic mass is 9.81. The van der Waals surface area contributed by atoms with E-state index < -0.39 is 11.9 Å². The summed E-state index contributed by atoms with van der Waals surface area (Å²) in [5.41, 5.74) is 3.65. The SMILES string of the molecule is CC(C)Oc1nccc2c1C(c1ccccc1)C(C(=O)O)=C(CN1CCN(C)CC1)N2. The molecule has 0 radical (unpaired) electrons. The number of rotatable bonds is 6. The zero-order valence-corrected chi connectivity index (χ0v) is 18.3. The van der Waals surface area contributed by atoms with E-state index in [4.69, 9.17) is 4.74 Å². The van der Waals surface area contributed by atoms with Gasteiger partial charge >= 0.3 is 5.97 Å². The van der Waals surface area contributed by atoms with Crippen molar-refractivity contribution < 1.29 is 14.6 Å². The van der Waals surface area contributed by atoms with Gasteiger partial charge in [0.1, 0.15) is 0 Å². The first-order chi connectivity index (χ1) is 14.9.